The number of imide groups is 1. The van der Waals surface area contributed by atoms with Crippen molar-refractivity contribution in [3.8, 4) is 0 Å². The Morgan fingerprint density at radius 1 is 1.05 bits per heavy atom. The zero-order valence-corrected chi connectivity index (χ0v) is 12.1. The third-order valence-electron chi connectivity index (χ3n) is 4.40. The van der Waals surface area contributed by atoms with Gasteiger partial charge in [0.2, 0.25) is 5.91 Å². The lowest BCUT2D eigenvalue weighted by Gasteiger charge is -2.38. The van der Waals surface area contributed by atoms with Crippen LogP contribution in [-0.2, 0) is 9.59 Å². The second-order valence-corrected chi connectivity index (χ2v) is 5.95. The van der Waals surface area contributed by atoms with E-state index in [9.17, 15) is 14.4 Å². The maximum atomic E-state index is 11.7. The summed E-state index contributed by atoms with van der Waals surface area (Å²) in [5, 5.41) is 16.9. The molecule has 0 aromatic heterocycles. The van der Waals surface area contributed by atoms with Crippen LogP contribution in [0, 0.1) is 0 Å². The highest BCUT2D eigenvalue weighted by Gasteiger charge is 2.44. The van der Waals surface area contributed by atoms with Gasteiger partial charge in [0.1, 0.15) is 5.54 Å². The quantitative estimate of drug-likeness (QED) is 0.599. The number of nitrogens with one attached hydrogen (secondary N) is 3. The van der Waals surface area contributed by atoms with Crippen molar-refractivity contribution < 1.29 is 19.5 Å². The minimum atomic E-state index is -0.989. The van der Waals surface area contributed by atoms with Gasteiger partial charge in [0.15, 0.2) is 0 Å². The molecule has 21 heavy (non-hydrogen) atoms. The number of carboxylic acids is 1. The van der Waals surface area contributed by atoms with Crippen molar-refractivity contribution in [1.82, 2.24) is 16.0 Å². The molecule has 118 valence electrons. The molecule has 0 heterocycles. The molecule has 7 nitrogen and oxygen atoms in total. The molecule has 0 radical (unpaired) electrons. The van der Waals surface area contributed by atoms with E-state index in [1.54, 1.807) is 0 Å². The van der Waals surface area contributed by atoms with Crippen molar-refractivity contribution in [2.24, 2.45) is 0 Å². The SMILES string of the molecule is O=C(CNC1(C(=O)O)CCC1)NC(=O)NC1CCCCC1. The van der Waals surface area contributed by atoms with Gasteiger partial charge in [-0.3, -0.25) is 20.2 Å². The Labute approximate surface area is 123 Å². The van der Waals surface area contributed by atoms with E-state index in [4.69, 9.17) is 5.11 Å². The van der Waals surface area contributed by atoms with E-state index in [0.717, 1.165) is 32.1 Å². The van der Waals surface area contributed by atoms with E-state index in [-0.39, 0.29) is 12.6 Å². The number of aliphatic carboxylic acids is 1. The Kier molecular flexibility index (Phi) is 5.17. The Balaban J connectivity index is 1.69. The molecule has 0 unspecified atom stereocenters. The number of rotatable bonds is 5. The summed E-state index contributed by atoms with van der Waals surface area (Å²) in [6.07, 6.45) is 7.16. The van der Waals surface area contributed by atoms with Gasteiger partial charge in [-0.2, -0.15) is 0 Å². The van der Waals surface area contributed by atoms with Crippen molar-refractivity contribution in [1.29, 1.82) is 0 Å². The highest BCUT2D eigenvalue weighted by molar-refractivity contribution is 5.95. The smallest absolute Gasteiger partial charge is 0.323 e. The van der Waals surface area contributed by atoms with E-state index in [2.05, 4.69) is 16.0 Å². The second kappa shape index (κ2) is 6.89. The van der Waals surface area contributed by atoms with Gasteiger partial charge in [-0.1, -0.05) is 19.3 Å². The van der Waals surface area contributed by atoms with Crippen molar-refractivity contribution in [3.05, 3.63) is 0 Å². The van der Waals surface area contributed by atoms with Gasteiger partial charge in [0.05, 0.1) is 6.54 Å². The van der Waals surface area contributed by atoms with Gasteiger partial charge in [-0.15, -0.1) is 0 Å². The zero-order chi connectivity index (χ0) is 15.3. The fourth-order valence-corrected chi connectivity index (χ4v) is 2.89. The summed E-state index contributed by atoms with van der Waals surface area (Å²) < 4.78 is 0. The van der Waals surface area contributed by atoms with Crippen LogP contribution in [-0.4, -0.2) is 41.1 Å². The van der Waals surface area contributed by atoms with Crippen LogP contribution in [0.4, 0.5) is 4.79 Å². The zero-order valence-electron chi connectivity index (χ0n) is 12.1. The Morgan fingerprint density at radius 3 is 2.24 bits per heavy atom. The standard InChI is InChI=1S/C14H23N3O4/c18-11(9-15-14(12(19)20)7-4-8-14)17-13(21)16-10-5-2-1-3-6-10/h10,15H,1-9H2,(H,19,20)(H2,16,17,18,21). The van der Waals surface area contributed by atoms with Crippen LogP contribution in [0.2, 0.25) is 0 Å². The molecule has 3 amide bonds. The number of hydrogen-bond donors (Lipinski definition) is 4. The van der Waals surface area contributed by atoms with E-state index in [0.29, 0.717) is 12.8 Å². The molecular weight excluding hydrogens is 274 g/mol. The molecule has 2 aliphatic carbocycles. The first-order chi connectivity index (χ1) is 10.0. The number of urea groups is 1. The average Bonchev–Trinajstić information content (AvgIpc) is 2.37. The number of carbonyl (C=O) groups is 3. The molecule has 2 rings (SSSR count). The minimum Gasteiger partial charge on any atom is -0.480 e. The predicted octanol–water partition coefficient (Wildman–Crippen LogP) is 0.742. The Bertz CT molecular complexity index is 414. The van der Waals surface area contributed by atoms with Crippen LogP contribution in [0.25, 0.3) is 0 Å². The molecule has 0 spiro atoms. The molecular formula is C14H23N3O4. The van der Waals surface area contributed by atoms with E-state index >= 15 is 0 Å². The van der Waals surface area contributed by atoms with Gasteiger partial charge in [0.25, 0.3) is 0 Å². The summed E-state index contributed by atoms with van der Waals surface area (Å²) in [7, 11) is 0. The minimum absolute atomic E-state index is 0.136. The van der Waals surface area contributed by atoms with Gasteiger partial charge in [-0.25, -0.2) is 4.79 Å². The normalized spacial score (nSPS) is 21.1. The summed E-state index contributed by atoms with van der Waals surface area (Å²) in [6, 6.07) is -0.358. The Hall–Kier alpha value is -1.63. The lowest BCUT2D eigenvalue weighted by Crippen LogP contribution is -2.59. The fourth-order valence-electron chi connectivity index (χ4n) is 2.89. The number of hydrogen-bond acceptors (Lipinski definition) is 4. The molecule has 0 saturated heterocycles. The van der Waals surface area contributed by atoms with Crippen molar-refractivity contribution >= 4 is 17.9 Å². The lowest BCUT2D eigenvalue weighted by molar-refractivity contribution is -0.148. The first-order valence-electron chi connectivity index (χ1n) is 7.61. The summed E-state index contributed by atoms with van der Waals surface area (Å²) in [6.45, 7) is -0.162. The lowest BCUT2D eigenvalue weighted by atomic mass is 9.77. The van der Waals surface area contributed by atoms with E-state index < -0.39 is 23.4 Å². The summed E-state index contributed by atoms with van der Waals surface area (Å²) in [4.78, 5) is 34.5. The summed E-state index contributed by atoms with van der Waals surface area (Å²) in [5.41, 5.74) is -0.989. The average molecular weight is 297 g/mol. The number of carboxylic acid groups (broad SMARTS) is 1. The van der Waals surface area contributed by atoms with E-state index in [1.807, 2.05) is 0 Å². The molecule has 0 aromatic rings. The van der Waals surface area contributed by atoms with Crippen LogP contribution in [0.15, 0.2) is 0 Å². The number of amides is 3. The maximum absolute atomic E-state index is 11.7. The van der Waals surface area contributed by atoms with Crippen LogP contribution in [0.1, 0.15) is 51.4 Å². The molecule has 2 saturated carbocycles. The van der Waals surface area contributed by atoms with Gasteiger partial charge < -0.3 is 10.4 Å². The topological polar surface area (TPSA) is 108 Å². The highest BCUT2D eigenvalue weighted by atomic mass is 16.4. The largest absolute Gasteiger partial charge is 0.480 e. The van der Waals surface area contributed by atoms with E-state index in [1.165, 1.54) is 6.42 Å². The molecule has 0 aromatic carbocycles. The molecule has 0 bridgehead atoms. The molecule has 0 atom stereocenters. The van der Waals surface area contributed by atoms with Gasteiger partial charge in [-0.05, 0) is 32.1 Å². The second-order valence-electron chi connectivity index (χ2n) is 5.95. The molecule has 7 heteroatoms. The van der Waals surface area contributed by atoms with Crippen LogP contribution in [0.3, 0.4) is 0 Å². The summed E-state index contributed by atoms with van der Waals surface area (Å²) in [5.74, 6) is -1.44. The molecule has 2 aliphatic rings. The first kappa shape index (κ1) is 15.8. The van der Waals surface area contributed by atoms with Crippen molar-refractivity contribution in [2.75, 3.05) is 6.54 Å². The van der Waals surface area contributed by atoms with Crippen molar-refractivity contribution in [2.45, 2.75) is 62.9 Å². The predicted molar refractivity (Wildman–Crippen MR) is 75.8 cm³/mol. The van der Waals surface area contributed by atoms with Crippen LogP contribution < -0.4 is 16.0 Å². The monoisotopic (exact) mass is 297 g/mol. The third-order valence-corrected chi connectivity index (χ3v) is 4.40. The fraction of sp³-hybridized carbons (Fsp3) is 0.786. The maximum Gasteiger partial charge on any atom is 0.323 e. The summed E-state index contributed by atoms with van der Waals surface area (Å²) >= 11 is 0. The molecule has 4 N–H and O–H groups in total. The van der Waals surface area contributed by atoms with Crippen molar-refractivity contribution in [3.63, 3.8) is 0 Å². The Morgan fingerprint density at radius 2 is 1.71 bits per heavy atom. The van der Waals surface area contributed by atoms with Gasteiger partial charge >= 0.3 is 12.0 Å². The highest BCUT2D eigenvalue weighted by Crippen LogP contribution is 2.31. The van der Waals surface area contributed by atoms with Gasteiger partial charge in [0, 0.05) is 6.04 Å². The molecule has 0 aliphatic heterocycles. The third kappa shape index (κ3) is 4.17. The molecule has 2 fully saturated rings. The van der Waals surface area contributed by atoms with Crippen LogP contribution >= 0.6 is 0 Å². The van der Waals surface area contributed by atoms with Crippen LogP contribution in [0.5, 0.6) is 0 Å². The first-order valence-corrected chi connectivity index (χ1v) is 7.61. The number of carbonyl (C=O) groups excluding carboxylic acids is 2.